The van der Waals surface area contributed by atoms with Crippen LogP contribution in [-0.4, -0.2) is 22.0 Å². The molecule has 1 atom stereocenters. The molecule has 0 amide bonds. The van der Waals surface area contributed by atoms with E-state index in [9.17, 15) is 5.11 Å². The molecule has 1 aromatic carbocycles. The first-order chi connectivity index (χ1) is 9.17. The summed E-state index contributed by atoms with van der Waals surface area (Å²) in [4.78, 5) is 0. The zero-order valence-corrected chi connectivity index (χ0v) is 11.6. The van der Waals surface area contributed by atoms with Crippen LogP contribution >= 0.6 is 0 Å². The predicted octanol–water partition coefficient (Wildman–Crippen LogP) is 2.69. The molecular weight excluding hydrogens is 240 g/mol. The van der Waals surface area contributed by atoms with Gasteiger partial charge in [-0.15, -0.1) is 0 Å². The van der Waals surface area contributed by atoms with Gasteiger partial charge >= 0.3 is 0 Å². The number of benzene rings is 1. The minimum Gasteiger partial charge on any atom is -0.496 e. The van der Waals surface area contributed by atoms with E-state index in [-0.39, 0.29) is 0 Å². The van der Waals surface area contributed by atoms with Crippen LogP contribution in [0.15, 0.2) is 30.5 Å². The van der Waals surface area contributed by atoms with Crippen LogP contribution in [0.2, 0.25) is 0 Å². The van der Waals surface area contributed by atoms with Crippen molar-refractivity contribution in [1.82, 2.24) is 9.78 Å². The van der Waals surface area contributed by atoms with Crippen LogP contribution in [0.25, 0.3) is 0 Å². The molecule has 4 heteroatoms. The van der Waals surface area contributed by atoms with Gasteiger partial charge in [-0.3, -0.25) is 4.68 Å². The van der Waals surface area contributed by atoms with E-state index < -0.39 is 6.10 Å². The molecular formula is C15H20N2O2. The second kappa shape index (κ2) is 5.89. The van der Waals surface area contributed by atoms with Crippen molar-refractivity contribution in [3.8, 4) is 5.75 Å². The molecule has 0 aliphatic carbocycles. The topological polar surface area (TPSA) is 47.3 Å². The molecule has 19 heavy (non-hydrogen) atoms. The van der Waals surface area contributed by atoms with Gasteiger partial charge in [-0.2, -0.15) is 5.10 Å². The van der Waals surface area contributed by atoms with E-state index in [0.29, 0.717) is 0 Å². The summed E-state index contributed by atoms with van der Waals surface area (Å²) in [5.41, 5.74) is 2.69. The lowest BCUT2D eigenvalue weighted by Gasteiger charge is -2.15. The van der Waals surface area contributed by atoms with Gasteiger partial charge < -0.3 is 9.84 Å². The van der Waals surface area contributed by atoms with Crippen LogP contribution in [0.5, 0.6) is 5.75 Å². The maximum absolute atomic E-state index is 10.5. The Morgan fingerprint density at radius 3 is 2.84 bits per heavy atom. The summed E-state index contributed by atoms with van der Waals surface area (Å²) < 4.78 is 7.14. The Morgan fingerprint density at radius 2 is 2.16 bits per heavy atom. The summed E-state index contributed by atoms with van der Waals surface area (Å²) in [7, 11) is 1.64. The van der Waals surface area contributed by atoms with Gasteiger partial charge in [0.1, 0.15) is 11.9 Å². The molecule has 0 saturated carbocycles. The van der Waals surface area contributed by atoms with E-state index in [1.165, 1.54) is 0 Å². The van der Waals surface area contributed by atoms with Crippen molar-refractivity contribution in [2.24, 2.45) is 0 Å². The van der Waals surface area contributed by atoms with Gasteiger partial charge in [-0.1, -0.05) is 19.1 Å². The van der Waals surface area contributed by atoms with Crippen LogP contribution in [0.4, 0.5) is 0 Å². The second-order valence-electron chi connectivity index (χ2n) is 4.61. The van der Waals surface area contributed by atoms with Crippen LogP contribution in [-0.2, 0) is 6.54 Å². The number of aryl methyl sites for hydroxylation is 2. The van der Waals surface area contributed by atoms with Crippen molar-refractivity contribution in [1.29, 1.82) is 0 Å². The molecule has 0 spiro atoms. The summed E-state index contributed by atoms with van der Waals surface area (Å²) >= 11 is 0. The van der Waals surface area contributed by atoms with Gasteiger partial charge in [-0.25, -0.2) is 0 Å². The summed E-state index contributed by atoms with van der Waals surface area (Å²) in [5, 5.41) is 14.7. The average Bonchev–Trinajstić information content (AvgIpc) is 2.87. The Morgan fingerprint density at radius 1 is 1.37 bits per heavy atom. The van der Waals surface area contributed by atoms with Crippen molar-refractivity contribution in [2.45, 2.75) is 32.9 Å². The number of hydrogen-bond donors (Lipinski definition) is 1. The predicted molar refractivity (Wildman–Crippen MR) is 74.3 cm³/mol. The third kappa shape index (κ3) is 2.79. The molecule has 1 N–H and O–H groups in total. The van der Waals surface area contributed by atoms with Crippen molar-refractivity contribution in [2.75, 3.05) is 7.11 Å². The Labute approximate surface area is 113 Å². The first-order valence-corrected chi connectivity index (χ1v) is 6.51. The molecule has 0 bridgehead atoms. The maximum Gasteiger partial charge on any atom is 0.122 e. The number of aromatic nitrogens is 2. The number of aliphatic hydroxyl groups is 1. The van der Waals surface area contributed by atoms with Crippen LogP contribution in [0, 0.1) is 6.92 Å². The van der Waals surface area contributed by atoms with Gasteiger partial charge in [0.15, 0.2) is 0 Å². The standard InChI is InChI=1S/C15H20N2O2/c1-4-9-17-13(7-8-16-17)15(18)12-6-5-11(2)14(10-12)19-3/h5-8,10,15,18H,4,9H2,1-3H3. The molecule has 1 unspecified atom stereocenters. The van der Waals surface area contributed by atoms with Gasteiger partial charge in [0, 0.05) is 12.7 Å². The molecule has 1 aromatic heterocycles. The molecule has 0 aliphatic rings. The molecule has 0 aliphatic heterocycles. The highest BCUT2D eigenvalue weighted by Crippen LogP contribution is 2.27. The van der Waals surface area contributed by atoms with E-state index in [1.54, 1.807) is 13.3 Å². The highest BCUT2D eigenvalue weighted by molar-refractivity contribution is 5.39. The van der Waals surface area contributed by atoms with Crippen molar-refractivity contribution >= 4 is 0 Å². The maximum atomic E-state index is 10.5. The molecule has 2 rings (SSSR count). The fraction of sp³-hybridized carbons (Fsp3) is 0.400. The van der Waals surface area contributed by atoms with Gasteiger partial charge in [-0.05, 0) is 36.6 Å². The summed E-state index contributed by atoms with van der Waals surface area (Å²) in [6.07, 6.45) is 2.03. The van der Waals surface area contributed by atoms with Crippen molar-refractivity contribution in [3.63, 3.8) is 0 Å². The first kappa shape index (κ1) is 13.6. The molecule has 0 fully saturated rings. The van der Waals surface area contributed by atoms with Crippen LogP contribution < -0.4 is 4.74 Å². The molecule has 4 nitrogen and oxygen atoms in total. The largest absolute Gasteiger partial charge is 0.496 e. The Bertz CT molecular complexity index is 549. The molecule has 0 saturated heterocycles. The molecule has 102 valence electrons. The van der Waals surface area contributed by atoms with Gasteiger partial charge in [0.05, 0.1) is 12.8 Å². The number of rotatable bonds is 5. The average molecular weight is 260 g/mol. The summed E-state index contributed by atoms with van der Waals surface area (Å²) in [5.74, 6) is 0.790. The fourth-order valence-corrected chi connectivity index (χ4v) is 2.15. The minimum absolute atomic E-state index is 0.677. The number of hydrogen-bond acceptors (Lipinski definition) is 3. The number of methoxy groups -OCH3 is 1. The Kier molecular flexibility index (Phi) is 4.22. The zero-order chi connectivity index (χ0) is 13.8. The lowest BCUT2D eigenvalue weighted by atomic mass is 10.0. The van der Waals surface area contributed by atoms with E-state index in [2.05, 4.69) is 12.0 Å². The first-order valence-electron chi connectivity index (χ1n) is 6.51. The van der Waals surface area contributed by atoms with Gasteiger partial charge in [0.2, 0.25) is 0 Å². The van der Waals surface area contributed by atoms with Crippen LogP contribution in [0.3, 0.4) is 0 Å². The number of nitrogens with zero attached hydrogens (tertiary/aromatic N) is 2. The number of ether oxygens (including phenoxy) is 1. The van der Waals surface area contributed by atoms with E-state index in [0.717, 1.165) is 35.5 Å². The van der Waals surface area contributed by atoms with Crippen LogP contribution in [0.1, 0.15) is 36.3 Å². The summed E-state index contributed by atoms with van der Waals surface area (Å²) in [6, 6.07) is 7.61. The fourth-order valence-electron chi connectivity index (χ4n) is 2.15. The van der Waals surface area contributed by atoms with E-state index >= 15 is 0 Å². The highest BCUT2D eigenvalue weighted by Gasteiger charge is 2.16. The molecule has 0 radical (unpaired) electrons. The smallest absolute Gasteiger partial charge is 0.122 e. The quantitative estimate of drug-likeness (QED) is 0.899. The second-order valence-corrected chi connectivity index (χ2v) is 4.61. The number of aliphatic hydroxyl groups excluding tert-OH is 1. The molecule has 2 aromatic rings. The molecule has 1 heterocycles. The normalized spacial score (nSPS) is 12.4. The van der Waals surface area contributed by atoms with E-state index in [4.69, 9.17) is 4.74 Å². The third-order valence-electron chi connectivity index (χ3n) is 3.21. The SMILES string of the molecule is CCCn1nccc1C(O)c1ccc(C)c(OC)c1. The summed E-state index contributed by atoms with van der Waals surface area (Å²) in [6.45, 7) is 4.88. The lowest BCUT2D eigenvalue weighted by molar-refractivity contribution is 0.207. The van der Waals surface area contributed by atoms with E-state index in [1.807, 2.05) is 35.9 Å². The highest BCUT2D eigenvalue weighted by atomic mass is 16.5. The third-order valence-corrected chi connectivity index (χ3v) is 3.21. The minimum atomic E-state index is -0.677. The van der Waals surface area contributed by atoms with Gasteiger partial charge in [0.25, 0.3) is 0 Å². The Balaban J connectivity index is 2.32. The monoisotopic (exact) mass is 260 g/mol. The lowest BCUT2D eigenvalue weighted by Crippen LogP contribution is -2.10. The zero-order valence-electron chi connectivity index (χ0n) is 11.6. The van der Waals surface area contributed by atoms with Crippen molar-refractivity contribution in [3.05, 3.63) is 47.3 Å². The Hall–Kier alpha value is -1.81. The van der Waals surface area contributed by atoms with Crippen molar-refractivity contribution < 1.29 is 9.84 Å².